The van der Waals surface area contributed by atoms with Crippen molar-refractivity contribution in [3.63, 3.8) is 0 Å². The van der Waals surface area contributed by atoms with Gasteiger partial charge < -0.3 is 19.9 Å². The van der Waals surface area contributed by atoms with Crippen LogP contribution in [0.15, 0.2) is 0 Å². The molecule has 0 saturated heterocycles. The molecule has 0 unspecified atom stereocenters. The summed E-state index contributed by atoms with van der Waals surface area (Å²) in [6.07, 6.45) is 6.75. The number of anilines is 1. The Labute approximate surface area is 197 Å². The second-order valence-corrected chi connectivity index (χ2v) is 8.97. The number of nitrogens with one attached hydrogen (secondary N) is 1. The fraction of sp³-hybridized carbons (Fsp3) is 0.696. The molecule has 0 aliphatic rings. The molecule has 31 heavy (non-hydrogen) atoms. The van der Waals surface area contributed by atoms with E-state index in [0.717, 1.165) is 51.6 Å². The number of unbranched alkanes of at least 4 members (excludes halogenated alkanes) is 4. The van der Waals surface area contributed by atoms with E-state index in [1.807, 2.05) is 13.8 Å². The molecule has 8 heteroatoms. The summed E-state index contributed by atoms with van der Waals surface area (Å²) in [5.74, 6) is -0.527. The molecule has 6 nitrogen and oxygen atoms in total. The lowest BCUT2D eigenvalue weighted by atomic mass is 10.1. The molecule has 0 aliphatic heterocycles. The number of carbonyl (C=O) groups is 2. The third-order valence-electron chi connectivity index (χ3n) is 5.35. The van der Waals surface area contributed by atoms with Crippen LogP contribution in [0.3, 0.4) is 0 Å². The highest BCUT2D eigenvalue weighted by molar-refractivity contribution is 7.80. The maximum absolute atomic E-state index is 13.0. The molecule has 1 rings (SSSR count). The van der Waals surface area contributed by atoms with Gasteiger partial charge in [-0.1, -0.05) is 39.5 Å². The third-order valence-corrected chi connectivity index (χ3v) is 6.91. The first-order chi connectivity index (χ1) is 14.9. The summed E-state index contributed by atoms with van der Waals surface area (Å²) in [6, 6.07) is 0. The van der Waals surface area contributed by atoms with Crippen molar-refractivity contribution in [2.45, 2.75) is 73.1 Å². The normalized spacial score (nSPS) is 10.6. The Bertz CT molecular complexity index is 720. The lowest BCUT2D eigenvalue weighted by Gasteiger charge is -2.26. The number of ether oxygens (including phenoxy) is 1. The number of hydrogen-bond donors (Lipinski definition) is 1. The molecular weight excluding hydrogens is 430 g/mol. The first-order valence-corrected chi connectivity index (χ1v) is 12.6. The minimum absolute atomic E-state index is 0.0700. The Hall–Kier alpha value is -1.67. The largest absolute Gasteiger partial charge is 0.465 e. The predicted octanol–water partition coefficient (Wildman–Crippen LogP) is 5.70. The lowest BCUT2D eigenvalue weighted by molar-refractivity contribution is 0.0601. The number of esters is 1. The minimum atomic E-state index is -0.457. The molecule has 0 atom stereocenters. The Morgan fingerprint density at radius 2 is 1.52 bits per heavy atom. The average Bonchev–Trinajstić information content (AvgIpc) is 3.08. The van der Waals surface area contributed by atoms with E-state index < -0.39 is 5.97 Å². The van der Waals surface area contributed by atoms with E-state index in [1.165, 1.54) is 18.4 Å². The van der Waals surface area contributed by atoms with Gasteiger partial charge in [0.25, 0.3) is 5.91 Å². The number of thiophene rings is 1. The van der Waals surface area contributed by atoms with E-state index in [2.05, 4.69) is 24.1 Å². The zero-order chi connectivity index (χ0) is 23.4. The summed E-state index contributed by atoms with van der Waals surface area (Å²) in [4.78, 5) is 30.0. The van der Waals surface area contributed by atoms with Gasteiger partial charge in [0.1, 0.15) is 5.00 Å². The van der Waals surface area contributed by atoms with Gasteiger partial charge in [0, 0.05) is 26.2 Å². The first kappa shape index (κ1) is 27.4. The molecule has 0 radical (unpaired) electrons. The molecule has 1 aromatic heterocycles. The highest BCUT2D eigenvalue weighted by atomic mass is 32.1. The van der Waals surface area contributed by atoms with Crippen molar-refractivity contribution < 1.29 is 14.3 Å². The number of hydrogen-bond acceptors (Lipinski definition) is 5. The number of methoxy groups -OCH3 is 1. The smallest absolute Gasteiger partial charge is 0.341 e. The summed E-state index contributed by atoms with van der Waals surface area (Å²) >= 11 is 7.01. The number of thiocarbonyl (C=S) groups is 1. The molecule has 0 bridgehead atoms. The maximum atomic E-state index is 13.0. The highest BCUT2D eigenvalue weighted by Crippen LogP contribution is 2.35. The van der Waals surface area contributed by atoms with Crippen molar-refractivity contribution in [2.75, 3.05) is 38.6 Å². The number of rotatable bonds is 13. The SMILES string of the molecule is CCCCCN(CCCCC)C(=S)Nc1sc(C(=O)N(CC)CC)c(C)c1C(=O)OC. The Morgan fingerprint density at radius 3 is 1.97 bits per heavy atom. The second kappa shape index (κ2) is 14.4. The van der Waals surface area contributed by atoms with Crippen molar-refractivity contribution in [3.8, 4) is 0 Å². The van der Waals surface area contributed by atoms with Crippen LogP contribution in [0.25, 0.3) is 0 Å². The van der Waals surface area contributed by atoms with Crippen molar-refractivity contribution in [2.24, 2.45) is 0 Å². The molecule has 176 valence electrons. The van der Waals surface area contributed by atoms with Crippen LogP contribution in [-0.4, -0.2) is 60.1 Å². The third kappa shape index (κ3) is 7.75. The second-order valence-electron chi connectivity index (χ2n) is 7.56. The number of carbonyl (C=O) groups excluding carboxylic acids is 2. The molecule has 0 fully saturated rings. The van der Waals surface area contributed by atoms with E-state index in [0.29, 0.717) is 39.2 Å². The summed E-state index contributed by atoms with van der Waals surface area (Å²) in [7, 11) is 1.36. The Balaban J connectivity index is 3.19. The van der Waals surface area contributed by atoms with E-state index in [1.54, 1.807) is 11.8 Å². The van der Waals surface area contributed by atoms with Crippen molar-refractivity contribution in [1.29, 1.82) is 0 Å². The summed E-state index contributed by atoms with van der Waals surface area (Å²) < 4.78 is 5.01. The summed E-state index contributed by atoms with van der Waals surface area (Å²) in [6.45, 7) is 13.1. The molecule has 1 heterocycles. The Morgan fingerprint density at radius 1 is 0.968 bits per heavy atom. The molecule has 1 N–H and O–H groups in total. The molecule has 1 amide bonds. The lowest BCUT2D eigenvalue weighted by Crippen LogP contribution is -2.36. The van der Waals surface area contributed by atoms with Crippen molar-refractivity contribution in [3.05, 3.63) is 16.0 Å². The van der Waals surface area contributed by atoms with Crippen LogP contribution in [0.5, 0.6) is 0 Å². The molecule has 0 aliphatic carbocycles. The summed E-state index contributed by atoms with van der Waals surface area (Å²) in [5, 5.41) is 4.46. The van der Waals surface area contributed by atoms with Gasteiger partial charge in [-0.25, -0.2) is 4.79 Å². The van der Waals surface area contributed by atoms with Gasteiger partial charge >= 0.3 is 5.97 Å². The van der Waals surface area contributed by atoms with Crippen LogP contribution >= 0.6 is 23.6 Å². The predicted molar refractivity (Wildman–Crippen MR) is 134 cm³/mol. The van der Waals surface area contributed by atoms with E-state index in [-0.39, 0.29) is 5.91 Å². The molecular formula is C23H39N3O3S2. The van der Waals surface area contributed by atoms with Gasteiger partial charge in [-0.15, -0.1) is 11.3 Å². The highest BCUT2D eigenvalue weighted by Gasteiger charge is 2.28. The monoisotopic (exact) mass is 469 g/mol. The topological polar surface area (TPSA) is 61.9 Å². The van der Waals surface area contributed by atoms with Gasteiger partial charge in [-0.2, -0.15) is 0 Å². The first-order valence-electron chi connectivity index (χ1n) is 11.4. The van der Waals surface area contributed by atoms with Gasteiger partial charge in [0.05, 0.1) is 17.6 Å². The Kier molecular flexibility index (Phi) is 12.7. The summed E-state index contributed by atoms with van der Waals surface area (Å²) in [5.41, 5.74) is 1.04. The van der Waals surface area contributed by atoms with Crippen LogP contribution in [0, 0.1) is 6.92 Å². The van der Waals surface area contributed by atoms with Crippen molar-refractivity contribution in [1.82, 2.24) is 9.80 Å². The molecule has 1 aromatic rings. The number of amides is 1. The van der Waals surface area contributed by atoms with Crippen LogP contribution in [0.1, 0.15) is 91.8 Å². The molecule has 0 aromatic carbocycles. The van der Waals surface area contributed by atoms with Gasteiger partial charge in [-0.3, -0.25) is 4.79 Å². The van der Waals surface area contributed by atoms with Gasteiger partial charge in [0.15, 0.2) is 5.11 Å². The average molecular weight is 470 g/mol. The van der Waals surface area contributed by atoms with Gasteiger partial charge in [-0.05, 0) is 51.4 Å². The zero-order valence-electron chi connectivity index (χ0n) is 20.0. The maximum Gasteiger partial charge on any atom is 0.341 e. The van der Waals surface area contributed by atoms with E-state index in [9.17, 15) is 9.59 Å². The van der Waals surface area contributed by atoms with E-state index >= 15 is 0 Å². The van der Waals surface area contributed by atoms with Crippen LogP contribution < -0.4 is 5.32 Å². The molecule has 0 spiro atoms. The van der Waals surface area contributed by atoms with Gasteiger partial charge in [0.2, 0.25) is 0 Å². The van der Waals surface area contributed by atoms with Crippen molar-refractivity contribution >= 4 is 45.5 Å². The van der Waals surface area contributed by atoms with Crippen LogP contribution in [-0.2, 0) is 4.74 Å². The fourth-order valence-electron chi connectivity index (χ4n) is 3.40. The van der Waals surface area contributed by atoms with E-state index in [4.69, 9.17) is 17.0 Å². The quantitative estimate of drug-likeness (QED) is 0.227. The minimum Gasteiger partial charge on any atom is -0.465 e. The number of nitrogens with zero attached hydrogens (tertiary/aromatic N) is 2. The van der Waals surface area contributed by atoms with Crippen LogP contribution in [0.2, 0.25) is 0 Å². The zero-order valence-corrected chi connectivity index (χ0v) is 21.6. The standard InChI is InChI=1S/C23H39N3O3S2/c1-7-11-13-15-26(16-14-12-8-2)23(30)24-20-18(22(28)29-6)17(5)19(31-20)21(27)25(9-3)10-4/h7-16H2,1-6H3,(H,24,30). The van der Waals surface area contributed by atoms with Crippen LogP contribution in [0.4, 0.5) is 5.00 Å². The molecule has 0 saturated carbocycles. The fourth-order valence-corrected chi connectivity index (χ4v) is 4.92.